The summed E-state index contributed by atoms with van der Waals surface area (Å²) in [5.74, 6) is -0.387. The minimum atomic E-state index is -0.387. The summed E-state index contributed by atoms with van der Waals surface area (Å²) in [5.41, 5.74) is 2.06. The van der Waals surface area contributed by atoms with E-state index < -0.39 is 0 Å². The molecule has 1 amide bonds. The number of imidazole rings is 1. The Morgan fingerprint density at radius 3 is 2.81 bits per heavy atom. The molecule has 0 aromatic carbocycles. The molecule has 0 unspecified atom stereocenters. The molecule has 27 heavy (non-hydrogen) atoms. The zero-order chi connectivity index (χ0) is 18.6. The van der Waals surface area contributed by atoms with E-state index in [4.69, 9.17) is 0 Å². The maximum atomic E-state index is 12.7. The lowest BCUT2D eigenvalue weighted by Crippen LogP contribution is -2.16. The van der Waals surface area contributed by atoms with E-state index in [0.29, 0.717) is 32.8 Å². The number of anilines is 1. The minimum absolute atomic E-state index is 0.316. The molecule has 0 saturated carbocycles. The topological polar surface area (TPSA) is 109 Å². The highest BCUT2D eigenvalue weighted by Gasteiger charge is 2.18. The third-order valence-electron chi connectivity index (χ3n) is 3.65. The number of nitriles is 1. The molecule has 0 aliphatic heterocycles. The number of carbonyl (C=O) groups excluding carboxylic acids is 1. The molecule has 0 spiro atoms. The van der Waals surface area contributed by atoms with Crippen LogP contribution in [-0.2, 0) is 0 Å². The van der Waals surface area contributed by atoms with Crippen LogP contribution < -0.4 is 5.32 Å². The third kappa shape index (κ3) is 3.29. The molecule has 0 aliphatic carbocycles. The number of amides is 1. The zero-order valence-corrected chi connectivity index (χ0v) is 14.6. The molecular formula is C18H11N7OS. The Hall–Kier alpha value is -3.90. The third-order valence-corrected chi connectivity index (χ3v) is 4.53. The van der Waals surface area contributed by atoms with Gasteiger partial charge in [0.25, 0.3) is 5.91 Å². The fourth-order valence-corrected chi connectivity index (χ4v) is 3.22. The van der Waals surface area contributed by atoms with Gasteiger partial charge in [-0.25, -0.2) is 9.97 Å². The van der Waals surface area contributed by atoms with Crippen LogP contribution in [0.3, 0.4) is 0 Å². The van der Waals surface area contributed by atoms with Crippen molar-refractivity contribution in [3.05, 3.63) is 72.0 Å². The predicted molar refractivity (Wildman–Crippen MR) is 99.4 cm³/mol. The Morgan fingerprint density at radius 2 is 2.07 bits per heavy atom. The fourth-order valence-electron chi connectivity index (χ4n) is 2.45. The van der Waals surface area contributed by atoms with E-state index in [0.717, 1.165) is 11.3 Å². The molecule has 0 fully saturated rings. The smallest absolute Gasteiger partial charge is 0.276 e. The van der Waals surface area contributed by atoms with Crippen molar-refractivity contribution >= 4 is 22.4 Å². The first-order valence-electron chi connectivity index (χ1n) is 7.82. The Kier molecular flexibility index (Phi) is 4.38. The van der Waals surface area contributed by atoms with Crippen molar-refractivity contribution in [3.8, 4) is 23.1 Å². The summed E-state index contributed by atoms with van der Waals surface area (Å²) in [5, 5.41) is 12.4. The molecule has 4 heterocycles. The van der Waals surface area contributed by atoms with E-state index >= 15 is 0 Å². The minimum Gasteiger partial charge on any atom is -0.296 e. The van der Waals surface area contributed by atoms with Gasteiger partial charge in [-0.1, -0.05) is 17.4 Å². The molecule has 0 bridgehead atoms. The van der Waals surface area contributed by atoms with E-state index in [1.807, 2.05) is 12.1 Å². The number of nitrogens with one attached hydrogen (secondary N) is 1. The fraction of sp³-hybridized carbons (Fsp3) is 0. The maximum absolute atomic E-state index is 12.7. The van der Waals surface area contributed by atoms with Gasteiger partial charge in [0.15, 0.2) is 5.13 Å². The summed E-state index contributed by atoms with van der Waals surface area (Å²) in [6, 6.07) is 11.1. The van der Waals surface area contributed by atoms with Gasteiger partial charge in [0.05, 0.1) is 30.1 Å². The summed E-state index contributed by atoms with van der Waals surface area (Å²) in [7, 11) is 0. The normalized spacial score (nSPS) is 10.3. The van der Waals surface area contributed by atoms with Crippen molar-refractivity contribution in [1.29, 1.82) is 5.26 Å². The summed E-state index contributed by atoms with van der Waals surface area (Å²) >= 11 is 1.10. The molecule has 1 N–H and O–H groups in total. The van der Waals surface area contributed by atoms with E-state index in [2.05, 4.69) is 31.3 Å². The van der Waals surface area contributed by atoms with Gasteiger partial charge in [-0.3, -0.25) is 24.6 Å². The lowest BCUT2D eigenvalue weighted by atomic mass is 10.2. The summed E-state index contributed by atoms with van der Waals surface area (Å²) < 4.78 is 1.63. The summed E-state index contributed by atoms with van der Waals surface area (Å²) in [4.78, 5) is 29.7. The van der Waals surface area contributed by atoms with Crippen LogP contribution in [0.1, 0.15) is 15.4 Å². The van der Waals surface area contributed by atoms with Crippen LogP contribution in [0, 0.1) is 11.3 Å². The van der Waals surface area contributed by atoms with Crippen LogP contribution in [0.25, 0.3) is 17.1 Å². The van der Waals surface area contributed by atoms with Crippen molar-refractivity contribution < 1.29 is 4.79 Å². The molecule has 9 heteroatoms. The van der Waals surface area contributed by atoms with Crippen LogP contribution in [0.2, 0.25) is 0 Å². The van der Waals surface area contributed by atoms with Crippen LogP contribution in [-0.4, -0.2) is 30.4 Å². The second kappa shape index (κ2) is 7.15. The zero-order valence-electron chi connectivity index (χ0n) is 13.8. The number of rotatable bonds is 4. The van der Waals surface area contributed by atoms with Crippen molar-refractivity contribution in [2.45, 2.75) is 0 Å². The quantitative estimate of drug-likeness (QED) is 0.589. The Balaban J connectivity index is 1.63. The molecule has 0 radical (unpaired) electrons. The molecular weight excluding hydrogens is 362 g/mol. The highest BCUT2D eigenvalue weighted by molar-refractivity contribution is 7.16. The van der Waals surface area contributed by atoms with E-state index in [1.54, 1.807) is 41.4 Å². The Morgan fingerprint density at radius 1 is 1.15 bits per heavy atom. The van der Waals surface area contributed by atoms with Gasteiger partial charge in [-0.05, 0) is 24.3 Å². The van der Waals surface area contributed by atoms with Crippen molar-refractivity contribution in [2.24, 2.45) is 0 Å². The van der Waals surface area contributed by atoms with Gasteiger partial charge in [0.2, 0.25) is 0 Å². The van der Waals surface area contributed by atoms with Crippen LogP contribution >= 0.6 is 11.3 Å². The molecule has 130 valence electrons. The Labute approximate surface area is 157 Å². The van der Waals surface area contributed by atoms with Gasteiger partial charge in [0, 0.05) is 12.4 Å². The number of hydrogen-bond acceptors (Lipinski definition) is 7. The van der Waals surface area contributed by atoms with Gasteiger partial charge in [0.1, 0.15) is 22.3 Å². The average molecular weight is 373 g/mol. The Bertz CT molecular complexity index is 1130. The first-order chi connectivity index (χ1) is 13.3. The van der Waals surface area contributed by atoms with Crippen molar-refractivity contribution in [1.82, 2.24) is 24.5 Å². The number of pyridine rings is 2. The van der Waals surface area contributed by atoms with Crippen LogP contribution in [0.15, 0.2) is 61.4 Å². The lowest BCUT2D eigenvalue weighted by Gasteiger charge is -2.06. The van der Waals surface area contributed by atoms with Crippen LogP contribution in [0.5, 0.6) is 0 Å². The van der Waals surface area contributed by atoms with Gasteiger partial charge in [-0.2, -0.15) is 5.26 Å². The average Bonchev–Trinajstić information content (AvgIpc) is 3.36. The highest BCUT2D eigenvalue weighted by atomic mass is 32.1. The second-order valence-corrected chi connectivity index (χ2v) is 6.34. The summed E-state index contributed by atoms with van der Waals surface area (Å²) in [6.07, 6.45) is 7.91. The highest BCUT2D eigenvalue weighted by Crippen LogP contribution is 2.29. The van der Waals surface area contributed by atoms with Crippen molar-refractivity contribution in [3.63, 3.8) is 0 Å². The molecule has 0 atom stereocenters. The van der Waals surface area contributed by atoms with Gasteiger partial charge >= 0.3 is 0 Å². The van der Waals surface area contributed by atoms with Crippen molar-refractivity contribution in [2.75, 3.05) is 5.32 Å². The number of aromatic nitrogens is 5. The van der Waals surface area contributed by atoms with E-state index in [-0.39, 0.29) is 5.91 Å². The molecule has 4 rings (SSSR count). The van der Waals surface area contributed by atoms with Gasteiger partial charge in [-0.15, -0.1) is 0 Å². The molecule has 0 aliphatic rings. The second-order valence-electron chi connectivity index (χ2n) is 5.34. The SMILES string of the molecule is N#Cc1sc(NC(=O)c2cncn2-c2cccnc2)nc1-c1ccccn1. The number of nitrogens with zero attached hydrogens (tertiary/aromatic N) is 6. The molecule has 4 aromatic heterocycles. The first kappa shape index (κ1) is 16.6. The van der Waals surface area contributed by atoms with Gasteiger partial charge < -0.3 is 0 Å². The predicted octanol–water partition coefficient (Wildman–Crippen LogP) is 2.91. The monoisotopic (exact) mass is 373 g/mol. The summed E-state index contributed by atoms with van der Waals surface area (Å²) in [6.45, 7) is 0. The molecule has 0 saturated heterocycles. The molecule has 8 nitrogen and oxygen atoms in total. The number of carbonyl (C=O) groups is 1. The molecule has 4 aromatic rings. The van der Waals surface area contributed by atoms with Crippen LogP contribution in [0.4, 0.5) is 5.13 Å². The first-order valence-corrected chi connectivity index (χ1v) is 8.64. The standard InChI is InChI=1S/C18H11N7OS/c19-8-15-16(13-5-1-2-7-22-13)23-18(27-15)24-17(26)14-10-21-11-25(14)12-4-3-6-20-9-12/h1-7,9-11H,(H,23,24,26). The lowest BCUT2D eigenvalue weighted by molar-refractivity contribution is 0.102. The number of thiazole rings is 1. The van der Waals surface area contributed by atoms with E-state index in [1.165, 1.54) is 12.5 Å². The number of hydrogen-bond donors (Lipinski definition) is 1. The largest absolute Gasteiger partial charge is 0.296 e. The maximum Gasteiger partial charge on any atom is 0.276 e. The van der Waals surface area contributed by atoms with E-state index in [9.17, 15) is 10.1 Å².